The summed E-state index contributed by atoms with van der Waals surface area (Å²) < 4.78 is 37.2. The van der Waals surface area contributed by atoms with Crippen LogP contribution in [0.4, 0.5) is 0 Å². The maximum Gasteiger partial charge on any atom is 0.339 e. The molecule has 0 saturated carbocycles. The van der Waals surface area contributed by atoms with Crippen LogP contribution in [0.15, 0.2) is 95.9 Å². The van der Waals surface area contributed by atoms with Gasteiger partial charge >= 0.3 is 10.1 Å². The van der Waals surface area contributed by atoms with Crippen LogP contribution in [0.5, 0.6) is 11.5 Å². The predicted molar refractivity (Wildman–Crippen MR) is 114 cm³/mol. The smallest absolute Gasteiger partial charge is 0.339 e. The Balaban J connectivity index is 1.60. The number of ether oxygens (including phenoxy) is 1. The van der Waals surface area contributed by atoms with E-state index in [9.17, 15) is 8.42 Å². The van der Waals surface area contributed by atoms with Gasteiger partial charge in [-0.15, -0.1) is 0 Å². The molecular formula is C24H20O4S. The van der Waals surface area contributed by atoms with Crippen molar-refractivity contribution in [3.63, 3.8) is 0 Å². The van der Waals surface area contributed by atoms with Crippen molar-refractivity contribution >= 4 is 20.9 Å². The fourth-order valence-electron chi connectivity index (χ4n) is 3.17. The lowest BCUT2D eigenvalue weighted by atomic mass is 10.1. The highest BCUT2D eigenvalue weighted by Crippen LogP contribution is 2.29. The summed E-state index contributed by atoms with van der Waals surface area (Å²) in [7, 11) is -4.00. The van der Waals surface area contributed by atoms with Gasteiger partial charge in [-0.2, -0.15) is 8.42 Å². The SMILES string of the molecule is Cc1cc(OCc2ccccc2)cc(OS(=O)(=O)c2cccc3ccccc23)c1. The van der Waals surface area contributed by atoms with E-state index in [4.69, 9.17) is 8.92 Å². The first-order chi connectivity index (χ1) is 14.0. The van der Waals surface area contributed by atoms with Crippen LogP contribution in [0.3, 0.4) is 0 Å². The van der Waals surface area contributed by atoms with E-state index in [0.717, 1.165) is 16.5 Å². The molecule has 0 fully saturated rings. The molecule has 0 aliphatic heterocycles. The lowest BCUT2D eigenvalue weighted by Crippen LogP contribution is -2.10. The molecule has 4 rings (SSSR count). The zero-order valence-corrected chi connectivity index (χ0v) is 16.7. The van der Waals surface area contributed by atoms with Gasteiger partial charge in [0.25, 0.3) is 0 Å². The molecule has 0 bridgehead atoms. The second-order valence-electron chi connectivity index (χ2n) is 6.77. The van der Waals surface area contributed by atoms with E-state index in [1.807, 2.05) is 67.6 Å². The van der Waals surface area contributed by atoms with Gasteiger partial charge in [-0.05, 0) is 41.6 Å². The highest BCUT2D eigenvalue weighted by Gasteiger charge is 2.20. The van der Waals surface area contributed by atoms with Crippen molar-refractivity contribution in [2.24, 2.45) is 0 Å². The highest BCUT2D eigenvalue weighted by atomic mass is 32.2. The summed E-state index contributed by atoms with van der Waals surface area (Å²) in [5, 5.41) is 1.47. The minimum absolute atomic E-state index is 0.142. The summed E-state index contributed by atoms with van der Waals surface area (Å²) in [6.07, 6.45) is 0. The maximum absolute atomic E-state index is 13.0. The van der Waals surface area contributed by atoms with Gasteiger partial charge in [0, 0.05) is 11.5 Å². The average Bonchev–Trinajstić information content (AvgIpc) is 2.72. The highest BCUT2D eigenvalue weighted by molar-refractivity contribution is 7.87. The molecule has 0 aromatic heterocycles. The quantitative estimate of drug-likeness (QED) is 0.399. The summed E-state index contributed by atoms with van der Waals surface area (Å²) in [5.41, 5.74) is 1.87. The number of rotatable bonds is 6. The molecular weight excluding hydrogens is 384 g/mol. The average molecular weight is 404 g/mol. The van der Waals surface area contributed by atoms with Crippen LogP contribution in [0.2, 0.25) is 0 Å². The zero-order valence-electron chi connectivity index (χ0n) is 15.9. The zero-order chi connectivity index (χ0) is 20.3. The van der Waals surface area contributed by atoms with Crippen molar-refractivity contribution in [3.8, 4) is 11.5 Å². The summed E-state index contributed by atoms with van der Waals surface area (Å²) in [6.45, 7) is 2.26. The van der Waals surface area contributed by atoms with Crippen molar-refractivity contribution in [1.29, 1.82) is 0 Å². The Morgan fingerprint density at radius 2 is 1.45 bits per heavy atom. The summed E-state index contributed by atoms with van der Waals surface area (Å²) >= 11 is 0. The first-order valence-corrected chi connectivity index (χ1v) is 10.6. The minimum Gasteiger partial charge on any atom is -0.489 e. The normalized spacial score (nSPS) is 11.3. The minimum atomic E-state index is -4.00. The van der Waals surface area contributed by atoms with Crippen molar-refractivity contribution in [1.82, 2.24) is 0 Å². The Labute approximate surface area is 170 Å². The van der Waals surface area contributed by atoms with Gasteiger partial charge in [0.05, 0.1) is 0 Å². The molecule has 0 unspecified atom stereocenters. The topological polar surface area (TPSA) is 52.6 Å². The first-order valence-electron chi connectivity index (χ1n) is 9.22. The molecule has 0 radical (unpaired) electrons. The lowest BCUT2D eigenvalue weighted by Gasteiger charge is -2.12. The van der Waals surface area contributed by atoms with E-state index in [1.165, 1.54) is 0 Å². The molecule has 0 N–H and O–H groups in total. The molecule has 0 heterocycles. The van der Waals surface area contributed by atoms with Gasteiger partial charge in [-0.25, -0.2) is 0 Å². The molecule has 5 heteroatoms. The van der Waals surface area contributed by atoms with E-state index in [-0.39, 0.29) is 10.6 Å². The van der Waals surface area contributed by atoms with Crippen molar-refractivity contribution in [2.75, 3.05) is 0 Å². The van der Waals surface area contributed by atoms with Crippen molar-refractivity contribution < 1.29 is 17.3 Å². The van der Waals surface area contributed by atoms with Gasteiger partial charge < -0.3 is 8.92 Å². The Hall–Kier alpha value is -3.31. The Morgan fingerprint density at radius 3 is 2.28 bits per heavy atom. The molecule has 0 spiro atoms. The Morgan fingerprint density at radius 1 is 0.759 bits per heavy atom. The number of fused-ring (bicyclic) bond motifs is 1. The lowest BCUT2D eigenvalue weighted by molar-refractivity contribution is 0.305. The first kappa shape index (κ1) is 19.0. The van der Waals surface area contributed by atoms with E-state index < -0.39 is 10.1 Å². The molecule has 0 atom stereocenters. The molecule has 4 aromatic rings. The standard InChI is InChI=1S/C24H20O4S/c1-18-14-21(27-17-19-8-3-2-4-9-19)16-22(15-18)28-29(25,26)24-13-7-11-20-10-5-6-12-23(20)24/h2-16H,17H2,1H3. The summed E-state index contributed by atoms with van der Waals surface area (Å²) in [4.78, 5) is 0.142. The van der Waals surface area contributed by atoms with Crippen LogP contribution >= 0.6 is 0 Å². The Bertz CT molecular complexity index is 1240. The summed E-state index contributed by atoms with van der Waals surface area (Å²) in [5.74, 6) is 0.776. The monoisotopic (exact) mass is 404 g/mol. The van der Waals surface area contributed by atoms with Crippen LogP contribution in [-0.4, -0.2) is 8.42 Å². The molecule has 0 saturated heterocycles. The van der Waals surface area contributed by atoms with Crippen LogP contribution in [0.1, 0.15) is 11.1 Å². The van der Waals surface area contributed by atoms with Gasteiger partial charge in [0.1, 0.15) is 23.0 Å². The molecule has 0 amide bonds. The fraction of sp³-hybridized carbons (Fsp3) is 0.0833. The number of aryl methyl sites for hydroxylation is 1. The largest absolute Gasteiger partial charge is 0.489 e. The van der Waals surface area contributed by atoms with Gasteiger partial charge in [0.15, 0.2) is 0 Å². The third-order valence-electron chi connectivity index (χ3n) is 4.50. The van der Waals surface area contributed by atoms with Crippen molar-refractivity contribution in [2.45, 2.75) is 18.4 Å². The molecule has 4 aromatic carbocycles. The molecule has 29 heavy (non-hydrogen) atoms. The number of benzene rings is 4. The van der Waals surface area contributed by atoms with Crippen molar-refractivity contribution in [3.05, 3.63) is 102 Å². The number of hydrogen-bond donors (Lipinski definition) is 0. The third kappa shape index (κ3) is 4.41. The molecule has 146 valence electrons. The second-order valence-corrected chi connectivity index (χ2v) is 8.29. The third-order valence-corrected chi connectivity index (χ3v) is 5.80. The van der Waals surface area contributed by atoms with Crippen LogP contribution in [0, 0.1) is 6.92 Å². The predicted octanol–water partition coefficient (Wildman–Crippen LogP) is 5.49. The fourth-order valence-corrected chi connectivity index (χ4v) is 4.31. The molecule has 4 nitrogen and oxygen atoms in total. The van der Waals surface area contributed by atoms with Gasteiger partial charge in [-0.3, -0.25) is 0 Å². The maximum atomic E-state index is 13.0. The van der Waals surface area contributed by atoms with Crippen LogP contribution in [-0.2, 0) is 16.7 Å². The molecule has 0 aliphatic rings. The van der Waals surface area contributed by atoms with Crippen LogP contribution in [0.25, 0.3) is 10.8 Å². The Kier molecular flexibility index (Phi) is 5.23. The van der Waals surface area contributed by atoms with Gasteiger partial charge in [0.2, 0.25) is 0 Å². The number of hydrogen-bond acceptors (Lipinski definition) is 4. The van der Waals surface area contributed by atoms with Crippen LogP contribution < -0.4 is 8.92 Å². The second kappa shape index (κ2) is 7.97. The van der Waals surface area contributed by atoms with E-state index in [1.54, 1.807) is 30.3 Å². The van der Waals surface area contributed by atoms with E-state index >= 15 is 0 Å². The molecule has 0 aliphatic carbocycles. The van der Waals surface area contributed by atoms with E-state index in [2.05, 4.69) is 0 Å². The van der Waals surface area contributed by atoms with Gasteiger partial charge in [-0.1, -0.05) is 66.7 Å². The summed E-state index contributed by atoms with van der Waals surface area (Å²) in [6, 6.07) is 27.4. The van der Waals surface area contributed by atoms with E-state index in [0.29, 0.717) is 17.7 Å².